The highest BCUT2D eigenvalue weighted by atomic mass is 14.9. The molecule has 1 aromatic rings. The van der Waals surface area contributed by atoms with Crippen molar-refractivity contribution in [1.82, 2.24) is 5.32 Å². The van der Waals surface area contributed by atoms with E-state index in [1.165, 1.54) is 18.4 Å². The fourth-order valence-electron chi connectivity index (χ4n) is 2.05. The summed E-state index contributed by atoms with van der Waals surface area (Å²) < 4.78 is 0. The SMILES string of the molecule is CCCC(CC)NC(C)c1ccc(C#N)cc1. The second-order valence-corrected chi connectivity index (χ2v) is 4.52. The summed E-state index contributed by atoms with van der Waals surface area (Å²) in [6.07, 6.45) is 3.59. The average molecular weight is 230 g/mol. The lowest BCUT2D eigenvalue weighted by atomic mass is 10.0. The summed E-state index contributed by atoms with van der Waals surface area (Å²) in [5, 5.41) is 12.4. The predicted octanol–water partition coefficient (Wildman–Crippen LogP) is 3.79. The molecule has 1 N–H and O–H groups in total. The van der Waals surface area contributed by atoms with Crippen LogP contribution in [0.4, 0.5) is 0 Å². The van der Waals surface area contributed by atoms with Crippen LogP contribution in [0.3, 0.4) is 0 Å². The van der Waals surface area contributed by atoms with Crippen LogP contribution >= 0.6 is 0 Å². The molecule has 0 fully saturated rings. The van der Waals surface area contributed by atoms with E-state index in [1.807, 2.05) is 24.3 Å². The topological polar surface area (TPSA) is 35.8 Å². The van der Waals surface area contributed by atoms with Gasteiger partial charge in [0.25, 0.3) is 0 Å². The Balaban J connectivity index is 2.62. The number of nitrogens with one attached hydrogen (secondary N) is 1. The zero-order valence-electron chi connectivity index (χ0n) is 11.0. The summed E-state index contributed by atoms with van der Waals surface area (Å²) in [5.41, 5.74) is 1.97. The number of nitrogens with zero attached hydrogens (tertiary/aromatic N) is 1. The molecule has 17 heavy (non-hydrogen) atoms. The minimum absolute atomic E-state index is 0.347. The minimum atomic E-state index is 0.347. The molecule has 0 radical (unpaired) electrons. The molecule has 1 rings (SSSR count). The van der Waals surface area contributed by atoms with E-state index < -0.39 is 0 Å². The number of benzene rings is 1. The molecule has 0 aliphatic carbocycles. The maximum Gasteiger partial charge on any atom is 0.0991 e. The molecule has 1 aromatic carbocycles. The van der Waals surface area contributed by atoms with E-state index in [4.69, 9.17) is 5.26 Å². The Kier molecular flexibility index (Phi) is 5.72. The highest BCUT2D eigenvalue weighted by molar-refractivity contribution is 5.32. The summed E-state index contributed by atoms with van der Waals surface area (Å²) in [6, 6.07) is 10.9. The predicted molar refractivity (Wildman–Crippen MR) is 71.7 cm³/mol. The summed E-state index contributed by atoms with van der Waals surface area (Å²) in [6.45, 7) is 6.62. The number of hydrogen-bond acceptors (Lipinski definition) is 2. The van der Waals surface area contributed by atoms with E-state index in [9.17, 15) is 0 Å². The van der Waals surface area contributed by atoms with Crippen LogP contribution in [0.5, 0.6) is 0 Å². The largest absolute Gasteiger partial charge is 0.307 e. The third kappa shape index (κ3) is 4.20. The van der Waals surface area contributed by atoms with Crippen LogP contribution in [-0.2, 0) is 0 Å². The van der Waals surface area contributed by atoms with Gasteiger partial charge in [-0.3, -0.25) is 0 Å². The molecule has 0 spiro atoms. The highest BCUT2D eigenvalue weighted by Crippen LogP contribution is 2.15. The van der Waals surface area contributed by atoms with Gasteiger partial charge in [0.2, 0.25) is 0 Å². The summed E-state index contributed by atoms with van der Waals surface area (Å²) in [4.78, 5) is 0. The molecule has 0 bridgehead atoms. The molecular formula is C15H22N2. The first-order valence-corrected chi connectivity index (χ1v) is 6.47. The van der Waals surface area contributed by atoms with E-state index >= 15 is 0 Å². The molecule has 0 amide bonds. The Bertz CT molecular complexity index is 362. The van der Waals surface area contributed by atoms with Crippen molar-refractivity contribution >= 4 is 0 Å². The van der Waals surface area contributed by atoms with Gasteiger partial charge in [-0.15, -0.1) is 0 Å². The molecule has 0 heterocycles. The van der Waals surface area contributed by atoms with Crippen molar-refractivity contribution in [2.45, 2.75) is 52.1 Å². The van der Waals surface area contributed by atoms with Gasteiger partial charge in [0, 0.05) is 12.1 Å². The second kappa shape index (κ2) is 7.09. The first-order valence-electron chi connectivity index (χ1n) is 6.47. The Morgan fingerprint density at radius 1 is 1.24 bits per heavy atom. The van der Waals surface area contributed by atoms with Crippen LogP contribution < -0.4 is 5.32 Å². The third-order valence-corrected chi connectivity index (χ3v) is 3.16. The molecule has 2 nitrogen and oxygen atoms in total. The van der Waals surface area contributed by atoms with Gasteiger partial charge in [-0.1, -0.05) is 32.4 Å². The molecule has 2 atom stereocenters. The summed E-state index contributed by atoms with van der Waals surface area (Å²) in [7, 11) is 0. The molecule has 0 saturated carbocycles. The van der Waals surface area contributed by atoms with Crippen LogP contribution in [-0.4, -0.2) is 6.04 Å². The molecule has 0 aromatic heterocycles. The maximum absolute atomic E-state index is 8.75. The monoisotopic (exact) mass is 230 g/mol. The van der Waals surface area contributed by atoms with E-state index in [1.54, 1.807) is 0 Å². The summed E-state index contributed by atoms with van der Waals surface area (Å²) >= 11 is 0. The molecule has 2 unspecified atom stereocenters. The van der Waals surface area contributed by atoms with Crippen molar-refractivity contribution in [3.05, 3.63) is 35.4 Å². The van der Waals surface area contributed by atoms with E-state index in [2.05, 4.69) is 32.2 Å². The van der Waals surface area contributed by atoms with Gasteiger partial charge in [-0.25, -0.2) is 0 Å². The number of nitriles is 1. The third-order valence-electron chi connectivity index (χ3n) is 3.16. The Morgan fingerprint density at radius 3 is 2.35 bits per heavy atom. The van der Waals surface area contributed by atoms with Crippen LogP contribution in [0.25, 0.3) is 0 Å². The first-order chi connectivity index (χ1) is 8.21. The lowest BCUT2D eigenvalue weighted by Gasteiger charge is -2.22. The van der Waals surface area contributed by atoms with Gasteiger partial charge in [0.1, 0.15) is 0 Å². The fraction of sp³-hybridized carbons (Fsp3) is 0.533. The molecule has 0 saturated heterocycles. The van der Waals surface area contributed by atoms with E-state index in [0.29, 0.717) is 12.1 Å². The Hall–Kier alpha value is -1.33. The lowest BCUT2D eigenvalue weighted by molar-refractivity contribution is 0.417. The Morgan fingerprint density at radius 2 is 1.88 bits per heavy atom. The van der Waals surface area contributed by atoms with Crippen LogP contribution in [0, 0.1) is 11.3 Å². The maximum atomic E-state index is 8.75. The van der Waals surface area contributed by atoms with Gasteiger partial charge in [0.05, 0.1) is 11.6 Å². The van der Waals surface area contributed by atoms with E-state index in [-0.39, 0.29) is 0 Å². The summed E-state index contributed by atoms with van der Waals surface area (Å²) in [5.74, 6) is 0. The molecular weight excluding hydrogens is 208 g/mol. The van der Waals surface area contributed by atoms with Crippen molar-refractivity contribution < 1.29 is 0 Å². The normalized spacial score (nSPS) is 14.0. The van der Waals surface area contributed by atoms with Crippen molar-refractivity contribution in [2.75, 3.05) is 0 Å². The van der Waals surface area contributed by atoms with Crippen molar-refractivity contribution in [3.8, 4) is 6.07 Å². The smallest absolute Gasteiger partial charge is 0.0991 e. The lowest BCUT2D eigenvalue weighted by Crippen LogP contribution is -2.30. The standard InChI is InChI=1S/C15H22N2/c1-4-6-15(5-2)17-12(3)14-9-7-13(11-16)8-10-14/h7-10,12,15,17H,4-6H2,1-3H3. The van der Waals surface area contributed by atoms with E-state index in [0.717, 1.165) is 12.0 Å². The zero-order valence-corrected chi connectivity index (χ0v) is 11.0. The van der Waals surface area contributed by atoms with Gasteiger partial charge in [0.15, 0.2) is 0 Å². The van der Waals surface area contributed by atoms with Crippen LogP contribution in [0.15, 0.2) is 24.3 Å². The highest BCUT2D eigenvalue weighted by Gasteiger charge is 2.10. The van der Waals surface area contributed by atoms with Gasteiger partial charge < -0.3 is 5.32 Å². The molecule has 0 aliphatic rings. The van der Waals surface area contributed by atoms with Gasteiger partial charge in [-0.05, 0) is 37.5 Å². The quantitative estimate of drug-likeness (QED) is 0.807. The first kappa shape index (κ1) is 13.7. The number of rotatable bonds is 6. The molecule has 2 heteroatoms. The fourth-order valence-corrected chi connectivity index (χ4v) is 2.05. The van der Waals surface area contributed by atoms with Gasteiger partial charge in [-0.2, -0.15) is 5.26 Å². The average Bonchev–Trinajstić information content (AvgIpc) is 2.38. The number of hydrogen-bond donors (Lipinski definition) is 1. The van der Waals surface area contributed by atoms with Gasteiger partial charge >= 0.3 is 0 Å². The molecule has 92 valence electrons. The minimum Gasteiger partial charge on any atom is -0.307 e. The van der Waals surface area contributed by atoms with Crippen LogP contribution in [0.2, 0.25) is 0 Å². The van der Waals surface area contributed by atoms with Crippen molar-refractivity contribution in [2.24, 2.45) is 0 Å². The Labute approximate surface area is 105 Å². The second-order valence-electron chi connectivity index (χ2n) is 4.52. The van der Waals surface area contributed by atoms with Crippen molar-refractivity contribution in [3.63, 3.8) is 0 Å². The van der Waals surface area contributed by atoms with Crippen LogP contribution in [0.1, 0.15) is 57.2 Å². The zero-order chi connectivity index (χ0) is 12.7. The molecule has 0 aliphatic heterocycles. The van der Waals surface area contributed by atoms with Crippen molar-refractivity contribution in [1.29, 1.82) is 5.26 Å².